The Balaban J connectivity index is 1.85. The smallest absolute Gasteiger partial charge is 0.336 e. The SMILES string of the molecule is O=C(CCSc1ccccc1C(=O)O)Nc1ccc(F)cc1. The highest BCUT2D eigenvalue weighted by molar-refractivity contribution is 7.99. The van der Waals surface area contributed by atoms with Gasteiger partial charge < -0.3 is 10.4 Å². The number of halogens is 1. The Kier molecular flexibility index (Phi) is 5.55. The Labute approximate surface area is 131 Å². The summed E-state index contributed by atoms with van der Waals surface area (Å²) in [5, 5.41) is 11.7. The summed E-state index contributed by atoms with van der Waals surface area (Å²) in [6, 6.07) is 12.2. The molecule has 0 aromatic heterocycles. The number of carboxylic acids is 1. The van der Waals surface area contributed by atoms with Gasteiger partial charge in [-0.1, -0.05) is 12.1 Å². The molecule has 2 aromatic carbocycles. The van der Waals surface area contributed by atoms with Crippen LogP contribution in [0.15, 0.2) is 53.4 Å². The zero-order valence-electron chi connectivity index (χ0n) is 11.6. The molecule has 4 nitrogen and oxygen atoms in total. The summed E-state index contributed by atoms with van der Waals surface area (Å²) in [6.07, 6.45) is 0.232. The van der Waals surface area contributed by atoms with Crippen LogP contribution in [0.2, 0.25) is 0 Å². The van der Waals surface area contributed by atoms with E-state index in [0.29, 0.717) is 16.3 Å². The second-order valence-corrected chi connectivity index (χ2v) is 5.59. The number of carbonyl (C=O) groups is 2. The first kappa shape index (κ1) is 16.0. The van der Waals surface area contributed by atoms with Gasteiger partial charge in [-0.05, 0) is 36.4 Å². The van der Waals surface area contributed by atoms with Crippen molar-refractivity contribution in [2.45, 2.75) is 11.3 Å². The molecular weight excluding hydrogens is 305 g/mol. The fourth-order valence-corrected chi connectivity index (χ4v) is 2.77. The number of benzene rings is 2. The topological polar surface area (TPSA) is 66.4 Å². The number of thioether (sulfide) groups is 1. The van der Waals surface area contributed by atoms with Crippen molar-refractivity contribution in [1.82, 2.24) is 0 Å². The lowest BCUT2D eigenvalue weighted by atomic mass is 10.2. The molecule has 0 aliphatic heterocycles. The number of amides is 1. The van der Waals surface area contributed by atoms with E-state index in [1.807, 2.05) is 0 Å². The molecular formula is C16H14FNO3S. The Morgan fingerprint density at radius 1 is 1.09 bits per heavy atom. The quantitative estimate of drug-likeness (QED) is 0.798. The highest BCUT2D eigenvalue weighted by Crippen LogP contribution is 2.23. The zero-order valence-corrected chi connectivity index (χ0v) is 12.4. The molecule has 2 N–H and O–H groups in total. The minimum atomic E-state index is -0.987. The molecule has 1 amide bonds. The van der Waals surface area contributed by atoms with E-state index in [0.717, 1.165) is 0 Å². The fraction of sp³-hybridized carbons (Fsp3) is 0.125. The average Bonchev–Trinajstić information content (AvgIpc) is 2.50. The highest BCUT2D eigenvalue weighted by atomic mass is 32.2. The van der Waals surface area contributed by atoms with E-state index in [2.05, 4.69) is 5.32 Å². The third-order valence-corrected chi connectivity index (χ3v) is 3.91. The molecule has 0 aliphatic rings. The van der Waals surface area contributed by atoms with E-state index in [1.54, 1.807) is 18.2 Å². The van der Waals surface area contributed by atoms with Gasteiger partial charge in [0, 0.05) is 22.8 Å². The van der Waals surface area contributed by atoms with Crippen LogP contribution < -0.4 is 5.32 Å². The van der Waals surface area contributed by atoms with E-state index in [1.165, 1.54) is 42.1 Å². The standard InChI is InChI=1S/C16H14FNO3S/c17-11-5-7-12(8-6-11)18-15(19)9-10-22-14-4-2-1-3-13(14)16(20)21/h1-8H,9-10H2,(H,18,19)(H,20,21). The summed E-state index contributed by atoms with van der Waals surface area (Å²) in [5.74, 6) is -1.10. The number of nitrogens with one attached hydrogen (secondary N) is 1. The Morgan fingerprint density at radius 2 is 1.77 bits per heavy atom. The molecule has 0 radical (unpaired) electrons. The number of hydrogen-bond donors (Lipinski definition) is 2. The van der Waals surface area contributed by atoms with Crippen molar-refractivity contribution in [3.8, 4) is 0 Å². The maximum absolute atomic E-state index is 12.8. The van der Waals surface area contributed by atoms with E-state index in [9.17, 15) is 14.0 Å². The van der Waals surface area contributed by atoms with Crippen LogP contribution in [0.1, 0.15) is 16.8 Å². The second-order valence-electron chi connectivity index (χ2n) is 4.45. The molecule has 0 spiro atoms. The Bertz CT molecular complexity index is 673. The molecule has 6 heteroatoms. The van der Waals surface area contributed by atoms with Crippen LogP contribution in [0.4, 0.5) is 10.1 Å². The normalized spacial score (nSPS) is 10.2. The molecule has 0 saturated carbocycles. The number of carbonyl (C=O) groups excluding carboxylic acids is 1. The van der Waals surface area contributed by atoms with Crippen LogP contribution in [0.5, 0.6) is 0 Å². The van der Waals surface area contributed by atoms with Crippen LogP contribution in [-0.2, 0) is 4.79 Å². The highest BCUT2D eigenvalue weighted by Gasteiger charge is 2.10. The molecule has 0 atom stereocenters. The summed E-state index contributed by atoms with van der Waals surface area (Å²) < 4.78 is 12.8. The predicted molar refractivity (Wildman–Crippen MR) is 83.8 cm³/mol. The van der Waals surface area contributed by atoms with Gasteiger partial charge >= 0.3 is 5.97 Å². The molecule has 114 valence electrons. The lowest BCUT2D eigenvalue weighted by Crippen LogP contribution is -2.12. The van der Waals surface area contributed by atoms with Gasteiger partial charge in [0.1, 0.15) is 5.82 Å². The van der Waals surface area contributed by atoms with Gasteiger partial charge in [-0.25, -0.2) is 9.18 Å². The van der Waals surface area contributed by atoms with Gasteiger partial charge in [-0.15, -0.1) is 11.8 Å². The first-order valence-corrected chi connectivity index (χ1v) is 7.55. The minimum absolute atomic E-state index is 0.202. The van der Waals surface area contributed by atoms with Crippen molar-refractivity contribution in [1.29, 1.82) is 0 Å². The van der Waals surface area contributed by atoms with Gasteiger partial charge in [0.25, 0.3) is 0 Å². The Morgan fingerprint density at radius 3 is 2.45 bits per heavy atom. The average molecular weight is 319 g/mol. The molecule has 0 saturated heterocycles. The van der Waals surface area contributed by atoms with Crippen LogP contribution in [0.3, 0.4) is 0 Å². The van der Waals surface area contributed by atoms with Gasteiger partial charge in [-0.2, -0.15) is 0 Å². The number of aromatic carboxylic acids is 1. The predicted octanol–water partition coefficient (Wildman–Crippen LogP) is 3.64. The lowest BCUT2D eigenvalue weighted by molar-refractivity contribution is -0.115. The maximum atomic E-state index is 12.8. The zero-order chi connectivity index (χ0) is 15.9. The number of carboxylic acid groups (broad SMARTS) is 1. The monoisotopic (exact) mass is 319 g/mol. The van der Waals surface area contributed by atoms with Crippen molar-refractivity contribution < 1.29 is 19.1 Å². The summed E-state index contributed by atoms with van der Waals surface area (Å²) >= 11 is 1.32. The molecule has 0 aliphatic carbocycles. The number of anilines is 1. The van der Waals surface area contributed by atoms with Crippen molar-refractivity contribution in [3.05, 3.63) is 59.9 Å². The molecule has 22 heavy (non-hydrogen) atoms. The van der Waals surface area contributed by atoms with E-state index < -0.39 is 5.97 Å². The van der Waals surface area contributed by atoms with Crippen LogP contribution in [0, 0.1) is 5.82 Å². The summed E-state index contributed by atoms with van der Waals surface area (Å²) in [6.45, 7) is 0. The summed E-state index contributed by atoms with van der Waals surface area (Å²) in [7, 11) is 0. The van der Waals surface area contributed by atoms with Crippen molar-refractivity contribution >= 4 is 29.3 Å². The summed E-state index contributed by atoms with van der Waals surface area (Å²) in [4.78, 5) is 23.5. The fourth-order valence-electron chi connectivity index (χ4n) is 1.78. The second kappa shape index (κ2) is 7.61. The van der Waals surface area contributed by atoms with Crippen molar-refractivity contribution in [2.75, 3.05) is 11.1 Å². The maximum Gasteiger partial charge on any atom is 0.336 e. The minimum Gasteiger partial charge on any atom is -0.478 e. The van der Waals surface area contributed by atoms with Crippen LogP contribution in [0.25, 0.3) is 0 Å². The van der Waals surface area contributed by atoms with E-state index in [4.69, 9.17) is 5.11 Å². The largest absolute Gasteiger partial charge is 0.478 e. The molecule has 2 aromatic rings. The van der Waals surface area contributed by atoms with Crippen molar-refractivity contribution in [2.24, 2.45) is 0 Å². The van der Waals surface area contributed by atoms with Gasteiger partial charge in [-0.3, -0.25) is 4.79 Å². The van der Waals surface area contributed by atoms with E-state index in [-0.39, 0.29) is 23.7 Å². The number of rotatable bonds is 6. The Hall–Kier alpha value is -2.34. The van der Waals surface area contributed by atoms with Crippen LogP contribution >= 0.6 is 11.8 Å². The first-order chi connectivity index (χ1) is 10.6. The third kappa shape index (κ3) is 4.60. The van der Waals surface area contributed by atoms with Gasteiger partial charge in [0.15, 0.2) is 0 Å². The van der Waals surface area contributed by atoms with Crippen molar-refractivity contribution in [3.63, 3.8) is 0 Å². The molecule has 0 heterocycles. The van der Waals surface area contributed by atoms with Gasteiger partial charge in [0.2, 0.25) is 5.91 Å². The molecule has 0 fully saturated rings. The number of hydrogen-bond acceptors (Lipinski definition) is 3. The van der Waals surface area contributed by atoms with E-state index >= 15 is 0 Å². The third-order valence-electron chi connectivity index (χ3n) is 2.83. The molecule has 2 rings (SSSR count). The first-order valence-electron chi connectivity index (χ1n) is 6.57. The van der Waals surface area contributed by atoms with Crippen LogP contribution in [-0.4, -0.2) is 22.7 Å². The lowest BCUT2D eigenvalue weighted by Gasteiger charge is -2.07. The van der Waals surface area contributed by atoms with Gasteiger partial charge in [0.05, 0.1) is 5.56 Å². The molecule has 0 bridgehead atoms. The summed E-state index contributed by atoms with van der Waals surface area (Å²) in [5.41, 5.74) is 0.758. The molecule has 0 unspecified atom stereocenters.